The fourth-order valence-corrected chi connectivity index (χ4v) is 1.60. The van der Waals surface area contributed by atoms with Crippen LogP contribution in [0.1, 0.15) is 6.42 Å². The first-order valence-corrected chi connectivity index (χ1v) is 3.98. The van der Waals surface area contributed by atoms with E-state index in [2.05, 4.69) is 0 Å². The summed E-state index contributed by atoms with van der Waals surface area (Å²) < 4.78 is 4.94. The molecule has 5 nitrogen and oxygen atoms in total. The summed E-state index contributed by atoms with van der Waals surface area (Å²) in [6.07, 6.45) is -1.96. The molecule has 0 spiro atoms. The van der Waals surface area contributed by atoms with Crippen molar-refractivity contribution in [1.29, 1.82) is 0 Å². The normalized spacial score (nSPS) is 49.2. The predicted octanol–water partition coefficient (Wildman–Crippen LogP) is -2.22. The number of aliphatic hydroxyl groups excluding tert-OH is 2. The van der Waals surface area contributed by atoms with Crippen LogP contribution in [-0.2, 0) is 4.74 Å². The van der Waals surface area contributed by atoms with E-state index >= 15 is 0 Å². The second-order valence-corrected chi connectivity index (χ2v) is 3.24. The molecule has 0 radical (unpaired) electrons. The van der Waals surface area contributed by atoms with Crippen LogP contribution in [0.2, 0.25) is 0 Å². The van der Waals surface area contributed by atoms with Gasteiger partial charge >= 0.3 is 0 Å². The molecule has 1 aliphatic rings. The van der Waals surface area contributed by atoms with Crippen molar-refractivity contribution in [3.63, 3.8) is 0 Å². The molecule has 0 aromatic carbocycles. The Labute approximate surface area is 71.3 Å². The maximum Gasteiger partial charge on any atom is 0.109 e. The number of rotatable bonds is 1. The van der Waals surface area contributed by atoms with Gasteiger partial charge < -0.3 is 26.4 Å². The van der Waals surface area contributed by atoms with Gasteiger partial charge in [-0.3, -0.25) is 0 Å². The molecule has 0 aromatic rings. The SMILES string of the molecule is CO[C@@H]1C(N)C[C@@H](N)C(O)[C@H]1O. The summed E-state index contributed by atoms with van der Waals surface area (Å²) in [5, 5.41) is 18.8. The van der Waals surface area contributed by atoms with Gasteiger partial charge in [-0.25, -0.2) is 0 Å². The van der Waals surface area contributed by atoms with E-state index in [-0.39, 0.29) is 6.04 Å². The molecule has 1 fully saturated rings. The first kappa shape index (κ1) is 9.88. The van der Waals surface area contributed by atoms with Gasteiger partial charge in [0.05, 0.1) is 6.10 Å². The highest BCUT2D eigenvalue weighted by Crippen LogP contribution is 2.19. The minimum absolute atomic E-state index is 0.302. The highest BCUT2D eigenvalue weighted by atomic mass is 16.5. The maximum absolute atomic E-state index is 9.44. The summed E-state index contributed by atoms with van der Waals surface area (Å²) in [6.45, 7) is 0. The molecule has 6 N–H and O–H groups in total. The van der Waals surface area contributed by atoms with E-state index in [4.69, 9.17) is 16.2 Å². The summed E-state index contributed by atoms with van der Waals surface area (Å²) in [4.78, 5) is 0. The summed E-state index contributed by atoms with van der Waals surface area (Å²) in [7, 11) is 1.46. The Morgan fingerprint density at radius 2 is 1.75 bits per heavy atom. The molecular weight excluding hydrogens is 160 g/mol. The zero-order valence-electron chi connectivity index (χ0n) is 7.05. The Balaban J connectivity index is 2.65. The molecule has 0 bridgehead atoms. The third-order valence-corrected chi connectivity index (χ3v) is 2.36. The first-order chi connectivity index (χ1) is 5.57. The van der Waals surface area contributed by atoms with E-state index in [9.17, 15) is 10.2 Å². The van der Waals surface area contributed by atoms with Crippen molar-refractivity contribution >= 4 is 0 Å². The van der Waals surface area contributed by atoms with Gasteiger partial charge in [-0.1, -0.05) is 0 Å². The Hall–Kier alpha value is -0.200. The monoisotopic (exact) mass is 176 g/mol. The second-order valence-electron chi connectivity index (χ2n) is 3.24. The Morgan fingerprint density at radius 1 is 1.17 bits per heavy atom. The van der Waals surface area contributed by atoms with Crippen LogP contribution in [0.25, 0.3) is 0 Å². The lowest BCUT2D eigenvalue weighted by Crippen LogP contribution is -2.61. The lowest BCUT2D eigenvalue weighted by atomic mass is 9.85. The van der Waals surface area contributed by atoms with Crippen molar-refractivity contribution in [3.8, 4) is 0 Å². The average Bonchev–Trinajstić information content (AvgIpc) is 2.01. The van der Waals surface area contributed by atoms with Gasteiger partial charge in [-0.05, 0) is 6.42 Å². The summed E-state index contributed by atoms with van der Waals surface area (Å²) in [5.41, 5.74) is 11.2. The van der Waals surface area contributed by atoms with E-state index < -0.39 is 24.4 Å². The van der Waals surface area contributed by atoms with E-state index in [0.29, 0.717) is 6.42 Å². The molecule has 0 saturated heterocycles. The number of ether oxygens (including phenoxy) is 1. The molecule has 0 amide bonds. The van der Waals surface area contributed by atoms with E-state index in [0.717, 1.165) is 0 Å². The molecule has 1 rings (SSSR count). The van der Waals surface area contributed by atoms with Crippen LogP contribution in [-0.4, -0.2) is 47.7 Å². The molecule has 72 valence electrons. The highest BCUT2D eigenvalue weighted by Gasteiger charge is 2.40. The molecule has 12 heavy (non-hydrogen) atoms. The fraction of sp³-hybridized carbons (Fsp3) is 1.00. The first-order valence-electron chi connectivity index (χ1n) is 3.98. The van der Waals surface area contributed by atoms with Crippen molar-refractivity contribution in [2.24, 2.45) is 11.5 Å². The Bertz CT molecular complexity index is 156. The molecule has 5 atom stereocenters. The van der Waals surface area contributed by atoms with Crippen molar-refractivity contribution in [3.05, 3.63) is 0 Å². The van der Waals surface area contributed by atoms with E-state index in [1.165, 1.54) is 7.11 Å². The van der Waals surface area contributed by atoms with Gasteiger partial charge in [0.1, 0.15) is 12.2 Å². The van der Waals surface area contributed by atoms with Crippen LogP contribution in [0.4, 0.5) is 0 Å². The summed E-state index contributed by atoms with van der Waals surface area (Å²) >= 11 is 0. The minimum atomic E-state index is -0.978. The standard InChI is InChI=1S/C7H16N2O3/c1-12-7-4(9)2-3(8)5(10)6(7)11/h3-7,10-11H,2,8-9H2,1H3/t3-,4?,5?,6-,7-/m1/s1. The molecule has 2 unspecified atom stereocenters. The van der Waals surface area contributed by atoms with Crippen molar-refractivity contribution in [2.45, 2.75) is 36.8 Å². The van der Waals surface area contributed by atoms with E-state index in [1.54, 1.807) is 0 Å². The quantitative estimate of drug-likeness (QED) is 0.362. The van der Waals surface area contributed by atoms with Gasteiger partial charge in [0, 0.05) is 19.2 Å². The minimum Gasteiger partial charge on any atom is -0.389 e. The molecule has 1 aliphatic carbocycles. The van der Waals surface area contributed by atoms with Crippen LogP contribution < -0.4 is 11.5 Å². The smallest absolute Gasteiger partial charge is 0.109 e. The van der Waals surface area contributed by atoms with Crippen molar-refractivity contribution in [2.75, 3.05) is 7.11 Å². The van der Waals surface area contributed by atoms with E-state index in [1.807, 2.05) is 0 Å². The van der Waals surface area contributed by atoms with Gasteiger partial charge in [0.25, 0.3) is 0 Å². The lowest BCUT2D eigenvalue weighted by Gasteiger charge is -2.38. The molecule has 0 heterocycles. The van der Waals surface area contributed by atoms with Gasteiger partial charge in [-0.15, -0.1) is 0 Å². The second kappa shape index (κ2) is 3.68. The van der Waals surface area contributed by atoms with Crippen molar-refractivity contribution in [1.82, 2.24) is 0 Å². The summed E-state index contributed by atoms with van der Waals surface area (Å²) in [5.74, 6) is 0. The van der Waals surface area contributed by atoms with Crippen LogP contribution in [0, 0.1) is 0 Å². The lowest BCUT2D eigenvalue weighted by molar-refractivity contribution is -0.114. The number of hydrogen-bond donors (Lipinski definition) is 4. The highest BCUT2D eigenvalue weighted by molar-refractivity contribution is 4.97. The molecule has 1 saturated carbocycles. The third-order valence-electron chi connectivity index (χ3n) is 2.36. The van der Waals surface area contributed by atoms with Crippen LogP contribution >= 0.6 is 0 Å². The zero-order chi connectivity index (χ0) is 9.30. The molecule has 0 aliphatic heterocycles. The Morgan fingerprint density at radius 3 is 2.25 bits per heavy atom. The van der Waals surface area contributed by atoms with Gasteiger partial charge in [0.2, 0.25) is 0 Å². The topological polar surface area (TPSA) is 102 Å². The molecule has 5 heteroatoms. The zero-order valence-corrected chi connectivity index (χ0v) is 7.05. The number of methoxy groups -OCH3 is 1. The predicted molar refractivity (Wildman–Crippen MR) is 43.4 cm³/mol. The fourth-order valence-electron chi connectivity index (χ4n) is 1.60. The number of aliphatic hydroxyl groups is 2. The maximum atomic E-state index is 9.44. The number of nitrogens with two attached hydrogens (primary N) is 2. The van der Waals surface area contributed by atoms with Gasteiger partial charge in [-0.2, -0.15) is 0 Å². The van der Waals surface area contributed by atoms with Crippen LogP contribution in [0.5, 0.6) is 0 Å². The molecule has 0 aromatic heterocycles. The third kappa shape index (κ3) is 1.60. The van der Waals surface area contributed by atoms with Crippen LogP contribution in [0.15, 0.2) is 0 Å². The summed E-state index contributed by atoms with van der Waals surface area (Å²) in [6, 6.07) is -0.759. The average molecular weight is 176 g/mol. The van der Waals surface area contributed by atoms with Crippen molar-refractivity contribution < 1.29 is 14.9 Å². The Kier molecular flexibility index (Phi) is 3.03. The van der Waals surface area contributed by atoms with Crippen LogP contribution in [0.3, 0.4) is 0 Å². The number of hydrogen-bond acceptors (Lipinski definition) is 5. The molecular formula is C7H16N2O3. The largest absolute Gasteiger partial charge is 0.389 e. The van der Waals surface area contributed by atoms with Gasteiger partial charge in [0.15, 0.2) is 0 Å².